The van der Waals surface area contributed by atoms with Crippen LogP contribution in [0.3, 0.4) is 0 Å². The van der Waals surface area contributed by atoms with E-state index >= 15 is 0 Å². The van der Waals surface area contributed by atoms with Gasteiger partial charge in [0.25, 0.3) is 0 Å². The smallest absolute Gasteiger partial charge is 0.190 e. The molecular formula is C24H17BrCl2N2S2. The molecule has 5 rings (SSSR count). The van der Waals surface area contributed by atoms with Gasteiger partial charge in [-0.1, -0.05) is 71.7 Å². The molecular weight excluding hydrogens is 531 g/mol. The van der Waals surface area contributed by atoms with Gasteiger partial charge < -0.3 is 4.57 Å². The van der Waals surface area contributed by atoms with Crippen molar-refractivity contribution in [2.24, 2.45) is 4.99 Å². The highest BCUT2D eigenvalue weighted by Crippen LogP contribution is 2.32. The first-order valence-electron chi connectivity index (χ1n) is 9.38. The minimum Gasteiger partial charge on any atom is -0.311 e. The standard InChI is InChI=1S/C24H16Cl2N2S2.BrH/c25-18-10-8-16(9-11-18)14-28-21(22-12-13-23(26)30-22)15-29-24(28)27-20-7-3-5-17-4-1-2-6-19(17)20;/h1-13,15H,14H2;1H. The first-order chi connectivity index (χ1) is 14.7. The van der Waals surface area contributed by atoms with Crippen LogP contribution in [0.1, 0.15) is 5.56 Å². The minimum atomic E-state index is 0. The predicted octanol–water partition coefficient (Wildman–Crippen LogP) is 8.60. The molecule has 0 aliphatic carbocycles. The van der Waals surface area contributed by atoms with Crippen LogP contribution in [0.25, 0.3) is 21.3 Å². The maximum atomic E-state index is 6.22. The molecule has 31 heavy (non-hydrogen) atoms. The quantitative estimate of drug-likeness (QED) is 0.214. The predicted molar refractivity (Wildman–Crippen MR) is 141 cm³/mol. The van der Waals surface area contributed by atoms with E-state index in [1.54, 1.807) is 22.7 Å². The van der Waals surface area contributed by atoms with Crippen molar-refractivity contribution in [1.29, 1.82) is 0 Å². The van der Waals surface area contributed by atoms with Gasteiger partial charge in [-0.3, -0.25) is 0 Å². The highest BCUT2D eigenvalue weighted by molar-refractivity contribution is 8.93. The summed E-state index contributed by atoms with van der Waals surface area (Å²) in [6.45, 7) is 0.703. The Morgan fingerprint density at radius 3 is 2.39 bits per heavy atom. The van der Waals surface area contributed by atoms with Crippen molar-refractivity contribution >= 4 is 79.3 Å². The fourth-order valence-corrected chi connectivity index (χ4v) is 5.58. The maximum Gasteiger partial charge on any atom is 0.190 e. The van der Waals surface area contributed by atoms with E-state index in [1.807, 2.05) is 18.2 Å². The Labute approximate surface area is 208 Å². The molecule has 0 aliphatic rings. The van der Waals surface area contributed by atoms with Crippen molar-refractivity contribution in [3.8, 4) is 10.6 Å². The second-order valence-electron chi connectivity index (χ2n) is 6.83. The number of benzene rings is 3. The van der Waals surface area contributed by atoms with E-state index in [0.29, 0.717) is 6.54 Å². The average molecular weight is 548 g/mol. The van der Waals surface area contributed by atoms with E-state index in [2.05, 4.69) is 70.6 Å². The maximum absolute atomic E-state index is 6.22. The third-order valence-electron chi connectivity index (χ3n) is 4.86. The molecule has 0 N–H and O–H groups in total. The molecule has 2 nitrogen and oxygen atoms in total. The van der Waals surface area contributed by atoms with Gasteiger partial charge in [-0.2, -0.15) is 0 Å². The van der Waals surface area contributed by atoms with Crippen molar-refractivity contribution in [3.63, 3.8) is 0 Å². The lowest BCUT2D eigenvalue weighted by Gasteiger charge is -2.09. The van der Waals surface area contributed by atoms with E-state index in [1.165, 1.54) is 10.9 Å². The molecule has 0 saturated carbocycles. The molecule has 3 aromatic carbocycles. The highest BCUT2D eigenvalue weighted by atomic mass is 79.9. The number of hydrogen-bond donors (Lipinski definition) is 0. The zero-order chi connectivity index (χ0) is 20.5. The fraction of sp³-hybridized carbons (Fsp3) is 0.0417. The molecule has 7 heteroatoms. The third kappa shape index (κ3) is 4.81. The first kappa shape index (κ1) is 22.3. The SMILES string of the molecule is Br.Clc1ccc(Cn2c(-c3ccc(Cl)s3)csc2=Nc2cccc3ccccc23)cc1. The molecule has 2 aromatic heterocycles. The van der Waals surface area contributed by atoms with Gasteiger partial charge in [-0.15, -0.1) is 39.7 Å². The molecule has 0 saturated heterocycles. The van der Waals surface area contributed by atoms with Gasteiger partial charge in [0.15, 0.2) is 4.80 Å². The van der Waals surface area contributed by atoms with Gasteiger partial charge in [-0.05, 0) is 41.3 Å². The lowest BCUT2D eigenvalue weighted by Crippen LogP contribution is -2.16. The van der Waals surface area contributed by atoms with Crippen LogP contribution >= 0.6 is 62.9 Å². The molecule has 0 aliphatic heterocycles. The van der Waals surface area contributed by atoms with E-state index in [4.69, 9.17) is 28.2 Å². The Bertz CT molecular complexity index is 1400. The molecule has 0 fully saturated rings. The molecule has 0 atom stereocenters. The largest absolute Gasteiger partial charge is 0.311 e. The molecule has 156 valence electrons. The summed E-state index contributed by atoms with van der Waals surface area (Å²) in [7, 11) is 0. The molecule has 2 heterocycles. The summed E-state index contributed by atoms with van der Waals surface area (Å²) in [5.74, 6) is 0. The van der Waals surface area contributed by atoms with E-state index in [9.17, 15) is 0 Å². The molecule has 0 radical (unpaired) electrons. The van der Waals surface area contributed by atoms with Gasteiger partial charge in [0.1, 0.15) is 0 Å². The summed E-state index contributed by atoms with van der Waals surface area (Å²) >= 11 is 15.5. The number of nitrogens with zero attached hydrogens (tertiary/aromatic N) is 2. The van der Waals surface area contributed by atoms with Crippen LogP contribution in [0, 0.1) is 0 Å². The summed E-state index contributed by atoms with van der Waals surface area (Å²) in [5.41, 5.74) is 3.25. The van der Waals surface area contributed by atoms with Crippen LogP contribution in [0.15, 0.2) is 89.2 Å². The van der Waals surface area contributed by atoms with Crippen LogP contribution in [-0.2, 0) is 6.54 Å². The van der Waals surface area contributed by atoms with Gasteiger partial charge in [0.05, 0.1) is 27.1 Å². The number of rotatable bonds is 4. The minimum absolute atomic E-state index is 0. The topological polar surface area (TPSA) is 17.3 Å². The van der Waals surface area contributed by atoms with Crippen molar-refractivity contribution < 1.29 is 0 Å². The van der Waals surface area contributed by atoms with Crippen LogP contribution in [0.5, 0.6) is 0 Å². The zero-order valence-electron chi connectivity index (χ0n) is 16.2. The van der Waals surface area contributed by atoms with Crippen LogP contribution in [-0.4, -0.2) is 4.57 Å². The number of thiazole rings is 1. The second kappa shape index (κ2) is 9.72. The summed E-state index contributed by atoms with van der Waals surface area (Å²) in [4.78, 5) is 7.14. The Morgan fingerprint density at radius 2 is 1.61 bits per heavy atom. The van der Waals surface area contributed by atoms with E-state index < -0.39 is 0 Å². The molecule has 0 unspecified atom stereocenters. The van der Waals surface area contributed by atoms with Gasteiger partial charge in [0.2, 0.25) is 0 Å². The number of halogens is 3. The Kier molecular flexibility index (Phi) is 6.99. The number of thiophene rings is 1. The fourth-order valence-electron chi connectivity index (χ4n) is 3.40. The molecule has 5 aromatic rings. The number of fused-ring (bicyclic) bond motifs is 1. The number of aromatic nitrogens is 1. The van der Waals surface area contributed by atoms with E-state index in [-0.39, 0.29) is 17.0 Å². The normalized spacial score (nSPS) is 11.6. The Morgan fingerprint density at radius 1 is 0.839 bits per heavy atom. The lowest BCUT2D eigenvalue weighted by molar-refractivity contribution is 0.780. The van der Waals surface area contributed by atoms with Gasteiger partial charge in [0, 0.05) is 15.8 Å². The lowest BCUT2D eigenvalue weighted by atomic mass is 10.1. The molecule has 0 spiro atoms. The van der Waals surface area contributed by atoms with Crippen molar-refractivity contribution in [2.45, 2.75) is 6.54 Å². The van der Waals surface area contributed by atoms with Crippen molar-refractivity contribution in [3.05, 3.63) is 104 Å². The Hall–Kier alpha value is -1.89. The van der Waals surface area contributed by atoms with Crippen molar-refractivity contribution in [1.82, 2.24) is 4.57 Å². The van der Waals surface area contributed by atoms with Gasteiger partial charge >= 0.3 is 0 Å². The third-order valence-corrected chi connectivity index (χ3v) is 7.23. The zero-order valence-corrected chi connectivity index (χ0v) is 21.0. The summed E-state index contributed by atoms with van der Waals surface area (Å²) < 4.78 is 3.03. The van der Waals surface area contributed by atoms with Crippen LogP contribution in [0.2, 0.25) is 9.36 Å². The first-order valence-corrected chi connectivity index (χ1v) is 11.8. The van der Waals surface area contributed by atoms with Gasteiger partial charge in [-0.25, -0.2) is 4.99 Å². The highest BCUT2D eigenvalue weighted by Gasteiger charge is 2.12. The summed E-state index contributed by atoms with van der Waals surface area (Å²) in [6.07, 6.45) is 0. The number of hydrogen-bond acceptors (Lipinski definition) is 3. The van der Waals surface area contributed by atoms with E-state index in [0.717, 1.165) is 35.8 Å². The molecule has 0 amide bonds. The summed E-state index contributed by atoms with van der Waals surface area (Å²) in [6, 6.07) is 26.5. The monoisotopic (exact) mass is 546 g/mol. The van der Waals surface area contributed by atoms with Crippen LogP contribution in [0.4, 0.5) is 5.69 Å². The second-order valence-corrected chi connectivity index (χ2v) is 9.82. The molecule has 0 bridgehead atoms. The van der Waals surface area contributed by atoms with Crippen LogP contribution < -0.4 is 4.80 Å². The van der Waals surface area contributed by atoms with Crippen molar-refractivity contribution in [2.75, 3.05) is 0 Å². The average Bonchev–Trinajstić information content (AvgIpc) is 3.36. The Balaban J connectivity index is 0.00000231. The summed E-state index contributed by atoms with van der Waals surface area (Å²) in [5, 5.41) is 5.22.